The van der Waals surface area contributed by atoms with E-state index in [9.17, 15) is 4.79 Å². The van der Waals surface area contributed by atoms with Crippen LogP contribution in [-0.2, 0) is 4.79 Å². The monoisotopic (exact) mass is 233 g/mol. The molecule has 1 aromatic heterocycles. The third-order valence-corrected chi connectivity index (χ3v) is 4.59. The average molecular weight is 233 g/mol. The molecule has 3 fully saturated rings. The van der Waals surface area contributed by atoms with Gasteiger partial charge in [-0.05, 0) is 42.9 Å². The van der Waals surface area contributed by atoms with E-state index >= 15 is 0 Å². The summed E-state index contributed by atoms with van der Waals surface area (Å²) in [6.07, 6.45) is 4.20. The Bertz CT molecular complexity index is 452. The number of carbonyl (C=O) groups is 1. The van der Waals surface area contributed by atoms with Crippen LogP contribution >= 0.6 is 11.3 Å². The Hall–Kier alpha value is -1.09. The van der Waals surface area contributed by atoms with E-state index in [1.54, 1.807) is 11.3 Å². The molecule has 2 bridgehead atoms. The molecule has 0 N–H and O–H groups in total. The third-order valence-electron chi connectivity index (χ3n) is 3.63. The van der Waals surface area contributed by atoms with Crippen molar-refractivity contribution >= 4 is 23.2 Å². The molecule has 0 amide bonds. The van der Waals surface area contributed by atoms with Crippen LogP contribution in [-0.4, -0.2) is 23.8 Å². The lowest BCUT2D eigenvalue weighted by molar-refractivity contribution is -0.125. The molecule has 1 aromatic rings. The lowest BCUT2D eigenvalue weighted by Crippen LogP contribution is -2.45. The first-order valence-corrected chi connectivity index (χ1v) is 6.68. The number of nitrogens with zero attached hydrogens (tertiary/aromatic N) is 1. The first-order valence-electron chi connectivity index (χ1n) is 5.80. The Kier molecular flexibility index (Phi) is 2.36. The molecule has 3 aliphatic heterocycles. The van der Waals surface area contributed by atoms with Gasteiger partial charge in [0.15, 0.2) is 5.78 Å². The summed E-state index contributed by atoms with van der Waals surface area (Å²) in [7, 11) is 0. The second-order valence-electron chi connectivity index (χ2n) is 4.62. The number of allylic oxidation sites excluding steroid dienone is 1. The number of rotatable bonds is 1. The van der Waals surface area contributed by atoms with E-state index in [1.807, 2.05) is 0 Å². The summed E-state index contributed by atoms with van der Waals surface area (Å²) in [6.45, 7) is 4.23. The number of hydrogen-bond donors (Lipinski definition) is 0. The van der Waals surface area contributed by atoms with Gasteiger partial charge in [-0.1, -0.05) is 0 Å². The molecule has 0 aromatic carbocycles. The van der Waals surface area contributed by atoms with Crippen molar-refractivity contribution in [3.8, 4) is 0 Å². The number of hydrogen-bond acceptors (Lipinski definition) is 3. The van der Waals surface area contributed by atoms with Gasteiger partial charge < -0.3 is 4.90 Å². The summed E-state index contributed by atoms with van der Waals surface area (Å²) in [6, 6.07) is 2.11. The van der Waals surface area contributed by atoms with Crippen molar-refractivity contribution in [2.24, 2.45) is 5.92 Å². The maximum absolute atomic E-state index is 12.1. The summed E-state index contributed by atoms with van der Waals surface area (Å²) in [5.74, 6) is 0.668. The first kappa shape index (κ1) is 10.1. The van der Waals surface area contributed by atoms with Gasteiger partial charge in [-0.2, -0.15) is 0 Å². The molecular weight excluding hydrogens is 218 g/mol. The molecule has 3 aliphatic rings. The molecular formula is C13H15NOS. The summed E-state index contributed by atoms with van der Waals surface area (Å²) in [5, 5.41) is 2.09. The van der Waals surface area contributed by atoms with E-state index in [2.05, 4.69) is 29.3 Å². The quantitative estimate of drug-likeness (QED) is 0.695. The second kappa shape index (κ2) is 3.74. The van der Waals surface area contributed by atoms with Crippen LogP contribution in [0.15, 0.2) is 17.1 Å². The van der Waals surface area contributed by atoms with Gasteiger partial charge >= 0.3 is 0 Å². The van der Waals surface area contributed by atoms with Crippen molar-refractivity contribution < 1.29 is 4.79 Å². The Morgan fingerprint density at radius 1 is 1.44 bits per heavy atom. The molecule has 3 saturated heterocycles. The van der Waals surface area contributed by atoms with Gasteiger partial charge in [0.05, 0.1) is 5.70 Å². The highest BCUT2D eigenvalue weighted by molar-refractivity contribution is 7.11. The standard InChI is InChI=1S/C13H15NOS/c1-9-4-7-16-12(9)8-11-13(15)10-2-5-14(11)6-3-10/h4,7-8,10H,2-3,5-6H2,1H3/b11-8-. The molecule has 4 heterocycles. The maximum atomic E-state index is 12.1. The fraction of sp³-hybridized carbons (Fsp3) is 0.462. The first-order chi connectivity index (χ1) is 7.75. The fourth-order valence-electron chi connectivity index (χ4n) is 2.57. The molecule has 16 heavy (non-hydrogen) atoms. The van der Waals surface area contributed by atoms with Crippen LogP contribution in [0.4, 0.5) is 0 Å². The Morgan fingerprint density at radius 2 is 2.19 bits per heavy atom. The van der Waals surface area contributed by atoms with Gasteiger partial charge in [0, 0.05) is 23.9 Å². The zero-order valence-electron chi connectivity index (χ0n) is 9.40. The number of aryl methyl sites for hydroxylation is 1. The summed E-state index contributed by atoms with van der Waals surface area (Å²) >= 11 is 1.72. The fourth-order valence-corrected chi connectivity index (χ4v) is 3.42. The Morgan fingerprint density at radius 3 is 2.75 bits per heavy atom. The van der Waals surface area contributed by atoms with Crippen LogP contribution in [0.2, 0.25) is 0 Å². The van der Waals surface area contributed by atoms with Crippen molar-refractivity contribution in [2.45, 2.75) is 19.8 Å². The van der Waals surface area contributed by atoms with E-state index in [0.717, 1.165) is 31.6 Å². The average Bonchev–Trinajstić information content (AvgIpc) is 2.70. The van der Waals surface area contributed by atoms with Crippen molar-refractivity contribution in [1.82, 2.24) is 4.90 Å². The molecule has 0 saturated carbocycles. The predicted molar refractivity (Wildman–Crippen MR) is 66.3 cm³/mol. The van der Waals surface area contributed by atoms with Crippen LogP contribution in [0.5, 0.6) is 0 Å². The molecule has 4 rings (SSSR count). The topological polar surface area (TPSA) is 20.3 Å². The molecule has 0 atom stereocenters. The lowest BCUT2D eigenvalue weighted by Gasteiger charge is -2.41. The summed E-state index contributed by atoms with van der Waals surface area (Å²) < 4.78 is 0. The van der Waals surface area contributed by atoms with Crippen LogP contribution in [0, 0.1) is 12.8 Å². The van der Waals surface area contributed by atoms with E-state index in [1.165, 1.54) is 10.4 Å². The number of piperidine rings is 3. The second-order valence-corrected chi connectivity index (χ2v) is 5.57. The molecule has 0 spiro atoms. The number of ketones is 1. The minimum absolute atomic E-state index is 0.302. The van der Waals surface area contributed by atoms with Gasteiger partial charge in [-0.25, -0.2) is 0 Å². The number of fused-ring (bicyclic) bond motifs is 3. The zero-order valence-corrected chi connectivity index (χ0v) is 10.2. The molecule has 3 heteroatoms. The molecule has 2 nitrogen and oxygen atoms in total. The van der Waals surface area contributed by atoms with Crippen LogP contribution in [0.3, 0.4) is 0 Å². The highest BCUT2D eigenvalue weighted by atomic mass is 32.1. The predicted octanol–water partition coefficient (Wildman–Crippen LogP) is 2.69. The SMILES string of the molecule is Cc1ccsc1/C=C1/C(=O)C2CCN1CC2. The van der Waals surface area contributed by atoms with Gasteiger partial charge in [0.25, 0.3) is 0 Å². The normalized spacial score (nSPS) is 23.4. The van der Waals surface area contributed by atoms with E-state index in [0.29, 0.717) is 11.7 Å². The van der Waals surface area contributed by atoms with E-state index in [-0.39, 0.29) is 0 Å². The Labute approximate surface area is 99.6 Å². The highest BCUT2D eigenvalue weighted by Crippen LogP contribution is 2.33. The van der Waals surface area contributed by atoms with Crippen LogP contribution in [0.25, 0.3) is 6.08 Å². The summed E-state index contributed by atoms with van der Waals surface area (Å²) in [5.41, 5.74) is 2.22. The van der Waals surface area contributed by atoms with Crippen LogP contribution in [0.1, 0.15) is 23.3 Å². The smallest absolute Gasteiger partial charge is 0.182 e. The van der Waals surface area contributed by atoms with Gasteiger partial charge in [0.2, 0.25) is 0 Å². The number of Topliss-reactive ketones (excluding diaryl/α,β-unsaturated/α-hetero) is 1. The van der Waals surface area contributed by atoms with Crippen molar-refractivity contribution in [2.75, 3.05) is 13.1 Å². The third kappa shape index (κ3) is 1.50. The lowest BCUT2D eigenvalue weighted by atomic mass is 9.84. The van der Waals surface area contributed by atoms with Crippen LogP contribution < -0.4 is 0 Å². The number of thiophene rings is 1. The van der Waals surface area contributed by atoms with Crippen molar-refractivity contribution in [3.63, 3.8) is 0 Å². The molecule has 84 valence electrons. The van der Waals surface area contributed by atoms with Gasteiger partial charge in [-0.15, -0.1) is 11.3 Å². The van der Waals surface area contributed by atoms with E-state index < -0.39 is 0 Å². The minimum Gasteiger partial charge on any atom is -0.369 e. The zero-order chi connectivity index (χ0) is 11.1. The largest absolute Gasteiger partial charge is 0.369 e. The molecule has 0 aliphatic carbocycles. The summed E-state index contributed by atoms with van der Waals surface area (Å²) in [4.78, 5) is 15.6. The molecule has 0 unspecified atom stereocenters. The maximum Gasteiger partial charge on any atom is 0.182 e. The highest BCUT2D eigenvalue weighted by Gasteiger charge is 2.36. The van der Waals surface area contributed by atoms with Crippen molar-refractivity contribution in [3.05, 3.63) is 27.6 Å². The van der Waals surface area contributed by atoms with Gasteiger partial charge in [0.1, 0.15) is 0 Å². The van der Waals surface area contributed by atoms with Crippen molar-refractivity contribution in [1.29, 1.82) is 0 Å². The van der Waals surface area contributed by atoms with E-state index in [4.69, 9.17) is 0 Å². The number of carbonyl (C=O) groups excluding carboxylic acids is 1. The van der Waals surface area contributed by atoms with Gasteiger partial charge in [-0.3, -0.25) is 4.79 Å². The Balaban J connectivity index is 1.98. The minimum atomic E-state index is 0.302. The molecule has 0 radical (unpaired) electrons.